The Kier molecular flexibility index (Phi) is 5.34. The van der Waals surface area contributed by atoms with Crippen molar-refractivity contribution in [1.29, 1.82) is 5.26 Å². The maximum Gasteiger partial charge on any atom is 0.274 e. The number of carbonyl (C=O) groups is 1. The smallest absolute Gasteiger partial charge is 0.274 e. The first-order chi connectivity index (χ1) is 14.2. The van der Waals surface area contributed by atoms with E-state index in [2.05, 4.69) is 31.2 Å². The third-order valence-electron chi connectivity index (χ3n) is 4.95. The summed E-state index contributed by atoms with van der Waals surface area (Å²) in [4.78, 5) is 24.6. The minimum Gasteiger partial charge on any atom is -0.368 e. The van der Waals surface area contributed by atoms with Gasteiger partial charge in [0.2, 0.25) is 0 Å². The van der Waals surface area contributed by atoms with Gasteiger partial charge in [0.15, 0.2) is 0 Å². The Morgan fingerprint density at radius 2 is 1.48 bits per heavy atom. The molecular formula is C22H20N6O. The lowest BCUT2D eigenvalue weighted by molar-refractivity contribution is 0.102. The van der Waals surface area contributed by atoms with Gasteiger partial charge in [0, 0.05) is 49.4 Å². The van der Waals surface area contributed by atoms with Crippen molar-refractivity contribution < 1.29 is 4.79 Å². The zero-order valence-corrected chi connectivity index (χ0v) is 15.8. The molecule has 0 unspecified atom stereocenters. The van der Waals surface area contributed by atoms with Gasteiger partial charge in [-0.05, 0) is 54.6 Å². The molecule has 1 amide bonds. The van der Waals surface area contributed by atoms with Gasteiger partial charge in [-0.25, -0.2) is 9.97 Å². The Morgan fingerprint density at radius 1 is 0.897 bits per heavy atom. The molecule has 0 saturated carbocycles. The molecule has 1 aliphatic heterocycles. The molecule has 29 heavy (non-hydrogen) atoms. The third kappa shape index (κ3) is 4.33. The van der Waals surface area contributed by atoms with Crippen LogP contribution >= 0.6 is 0 Å². The van der Waals surface area contributed by atoms with E-state index in [9.17, 15) is 4.79 Å². The van der Waals surface area contributed by atoms with E-state index in [4.69, 9.17) is 5.26 Å². The molecule has 1 aliphatic rings. The van der Waals surface area contributed by atoms with Gasteiger partial charge < -0.3 is 15.1 Å². The Hall–Kier alpha value is -3.92. The van der Waals surface area contributed by atoms with Crippen molar-refractivity contribution in [3.63, 3.8) is 0 Å². The summed E-state index contributed by atoms with van der Waals surface area (Å²) in [5.74, 6) is -0.254. The van der Waals surface area contributed by atoms with Crippen molar-refractivity contribution in [2.45, 2.75) is 0 Å². The molecule has 0 atom stereocenters. The Morgan fingerprint density at radius 3 is 2.00 bits per heavy atom. The van der Waals surface area contributed by atoms with Gasteiger partial charge in [0.05, 0.1) is 11.6 Å². The van der Waals surface area contributed by atoms with E-state index < -0.39 is 0 Å². The quantitative estimate of drug-likeness (QED) is 0.744. The maximum atomic E-state index is 12.2. The summed E-state index contributed by atoms with van der Waals surface area (Å²) in [6.07, 6.45) is 2.90. The minimum absolute atomic E-state index is 0.254. The summed E-state index contributed by atoms with van der Waals surface area (Å²) >= 11 is 0. The van der Waals surface area contributed by atoms with Gasteiger partial charge in [-0.15, -0.1) is 0 Å². The van der Waals surface area contributed by atoms with Crippen LogP contribution in [0.5, 0.6) is 0 Å². The lowest BCUT2D eigenvalue weighted by Crippen LogP contribution is -2.46. The number of carbonyl (C=O) groups excluding carboxylic acids is 1. The normalized spacial score (nSPS) is 13.6. The number of piperazine rings is 1. The van der Waals surface area contributed by atoms with Crippen LogP contribution in [0.4, 0.5) is 17.1 Å². The largest absolute Gasteiger partial charge is 0.368 e. The number of hydrogen-bond acceptors (Lipinski definition) is 6. The molecule has 7 heteroatoms. The predicted octanol–water partition coefficient (Wildman–Crippen LogP) is 2.93. The maximum absolute atomic E-state index is 12.2. The van der Waals surface area contributed by atoms with E-state index in [0.717, 1.165) is 43.2 Å². The molecule has 0 radical (unpaired) electrons. The average Bonchev–Trinajstić information content (AvgIpc) is 2.80. The number of amides is 1. The van der Waals surface area contributed by atoms with Crippen LogP contribution < -0.4 is 15.1 Å². The first kappa shape index (κ1) is 18.4. The van der Waals surface area contributed by atoms with Crippen molar-refractivity contribution in [3.8, 4) is 6.07 Å². The molecule has 0 aliphatic carbocycles. The Balaban J connectivity index is 1.34. The molecule has 1 fully saturated rings. The van der Waals surface area contributed by atoms with Crippen molar-refractivity contribution >= 4 is 23.0 Å². The SMILES string of the molecule is N#Cc1ccc(N2CCN(c3ccc(NC(=O)c4ccncn4)cc3)CC2)cc1. The van der Waals surface area contributed by atoms with E-state index in [-0.39, 0.29) is 5.91 Å². The number of nitrogens with zero attached hydrogens (tertiary/aromatic N) is 5. The Bertz CT molecular complexity index is 1000. The molecule has 7 nitrogen and oxygen atoms in total. The Labute approximate surface area is 169 Å². The lowest BCUT2D eigenvalue weighted by atomic mass is 10.2. The van der Waals surface area contributed by atoms with E-state index in [1.165, 1.54) is 6.33 Å². The number of benzene rings is 2. The zero-order chi connectivity index (χ0) is 20.1. The topological polar surface area (TPSA) is 85.2 Å². The van der Waals surface area contributed by atoms with Gasteiger partial charge in [-0.3, -0.25) is 4.79 Å². The number of hydrogen-bond donors (Lipinski definition) is 1. The van der Waals surface area contributed by atoms with E-state index in [1.807, 2.05) is 48.5 Å². The fourth-order valence-electron chi connectivity index (χ4n) is 3.35. The van der Waals surface area contributed by atoms with Gasteiger partial charge in [-0.2, -0.15) is 5.26 Å². The van der Waals surface area contributed by atoms with Crippen LogP contribution in [-0.2, 0) is 0 Å². The number of nitriles is 1. The molecule has 3 aromatic rings. The minimum atomic E-state index is -0.254. The summed E-state index contributed by atoms with van der Waals surface area (Å²) in [6.45, 7) is 3.65. The summed E-state index contributed by atoms with van der Waals surface area (Å²) in [5, 5.41) is 11.8. The number of aromatic nitrogens is 2. The highest BCUT2D eigenvalue weighted by atomic mass is 16.1. The molecule has 2 aromatic carbocycles. The van der Waals surface area contributed by atoms with Crippen LogP contribution in [0.3, 0.4) is 0 Å². The summed E-state index contributed by atoms with van der Waals surface area (Å²) in [7, 11) is 0. The van der Waals surface area contributed by atoms with Gasteiger partial charge in [0.1, 0.15) is 12.0 Å². The van der Waals surface area contributed by atoms with Crippen LogP contribution in [0.15, 0.2) is 67.1 Å². The molecule has 2 heterocycles. The zero-order valence-electron chi connectivity index (χ0n) is 15.8. The number of anilines is 3. The van der Waals surface area contributed by atoms with Crippen LogP contribution in [0.25, 0.3) is 0 Å². The molecule has 0 bridgehead atoms. The molecule has 1 saturated heterocycles. The fraction of sp³-hybridized carbons (Fsp3) is 0.182. The van der Waals surface area contributed by atoms with Crippen LogP contribution in [-0.4, -0.2) is 42.1 Å². The van der Waals surface area contributed by atoms with Crippen molar-refractivity contribution in [1.82, 2.24) is 9.97 Å². The van der Waals surface area contributed by atoms with Crippen LogP contribution in [0.1, 0.15) is 16.1 Å². The fourth-order valence-corrected chi connectivity index (χ4v) is 3.35. The first-order valence-electron chi connectivity index (χ1n) is 9.40. The van der Waals surface area contributed by atoms with Crippen molar-refractivity contribution in [3.05, 3.63) is 78.4 Å². The predicted molar refractivity (Wildman–Crippen MR) is 112 cm³/mol. The highest BCUT2D eigenvalue weighted by Crippen LogP contribution is 2.22. The third-order valence-corrected chi connectivity index (χ3v) is 4.95. The molecule has 1 aromatic heterocycles. The second-order valence-electron chi connectivity index (χ2n) is 6.73. The van der Waals surface area contributed by atoms with Crippen molar-refractivity contribution in [2.24, 2.45) is 0 Å². The molecule has 1 N–H and O–H groups in total. The van der Waals surface area contributed by atoms with Gasteiger partial charge in [-0.1, -0.05) is 0 Å². The standard InChI is InChI=1S/C22H20N6O/c23-15-17-1-5-19(6-2-17)27-11-13-28(14-12-27)20-7-3-18(4-8-20)26-22(29)21-9-10-24-16-25-21/h1-10,16H,11-14H2,(H,26,29). The molecule has 4 rings (SSSR count). The molecule has 0 spiro atoms. The van der Waals surface area contributed by atoms with E-state index >= 15 is 0 Å². The number of rotatable bonds is 4. The van der Waals surface area contributed by atoms with Crippen molar-refractivity contribution in [2.75, 3.05) is 41.3 Å². The first-order valence-corrected chi connectivity index (χ1v) is 9.40. The average molecular weight is 384 g/mol. The number of nitrogens with one attached hydrogen (secondary N) is 1. The lowest BCUT2D eigenvalue weighted by Gasteiger charge is -2.37. The van der Waals surface area contributed by atoms with Crippen LogP contribution in [0, 0.1) is 11.3 Å². The second-order valence-corrected chi connectivity index (χ2v) is 6.73. The summed E-state index contributed by atoms with van der Waals surface area (Å²) in [6, 6.07) is 19.3. The van der Waals surface area contributed by atoms with Gasteiger partial charge in [0.25, 0.3) is 5.91 Å². The van der Waals surface area contributed by atoms with Gasteiger partial charge >= 0.3 is 0 Å². The summed E-state index contributed by atoms with van der Waals surface area (Å²) in [5.41, 5.74) is 4.02. The van der Waals surface area contributed by atoms with E-state index in [1.54, 1.807) is 12.3 Å². The summed E-state index contributed by atoms with van der Waals surface area (Å²) < 4.78 is 0. The highest BCUT2D eigenvalue weighted by Gasteiger charge is 2.17. The van der Waals surface area contributed by atoms with E-state index in [0.29, 0.717) is 11.3 Å². The highest BCUT2D eigenvalue weighted by molar-refractivity contribution is 6.02. The monoisotopic (exact) mass is 384 g/mol. The second kappa shape index (κ2) is 8.40. The molecule has 144 valence electrons. The molecular weight excluding hydrogens is 364 g/mol. The van der Waals surface area contributed by atoms with Crippen LogP contribution in [0.2, 0.25) is 0 Å².